The van der Waals surface area contributed by atoms with Crippen LogP contribution in [0.15, 0.2) is 72.3 Å². The molecule has 2 aliphatic heterocycles. The lowest BCUT2D eigenvalue weighted by atomic mass is 9.93. The summed E-state index contributed by atoms with van der Waals surface area (Å²) in [5.41, 5.74) is 2.47. The Morgan fingerprint density at radius 1 is 1.03 bits per heavy atom. The van der Waals surface area contributed by atoms with Crippen LogP contribution in [-0.4, -0.2) is 41.1 Å². The number of fused-ring (bicyclic) bond motifs is 1. The predicted molar refractivity (Wildman–Crippen MR) is 140 cm³/mol. The molecule has 1 unspecified atom stereocenters. The first-order chi connectivity index (χ1) is 18.4. The minimum absolute atomic E-state index is 0.0235. The average Bonchev–Trinajstić information content (AvgIpc) is 3.21. The first kappa shape index (κ1) is 25.1. The van der Waals surface area contributed by atoms with Gasteiger partial charge < -0.3 is 19.7 Å². The first-order valence-corrected chi connectivity index (χ1v) is 12.5. The molecule has 2 N–H and O–H groups in total. The average molecular weight is 514 g/mol. The van der Waals surface area contributed by atoms with Gasteiger partial charge in [0.2, 0.25) is 0 Å². The van der Waals surface area contributed by atoms with E-state index in [9.17, 15) is 24.6 Å². The van der Waals surface area contributed by atoms with Gasteiger partial charge in [0.1, 0.15) is 17.3 Å². The molecule has 2 heterocycles. The van der Waals surface area contributed by atoms with Gasteiger partial charge >= 0.3 is 5.97 Å². The number of ketones is 1. The Bertz CT molecular complexity index is 1420. The fourth-order valence-electron chi connectivity index (χ4n) is 4.77. The summed E-state index contributed by atoms with van der Waals surface area (Å²) in [5.74, 6) is -1.66. The van der Waals surface area contributed by atoms with Gasteiger partial charge in [0.15, 0.2) is 0 Å². The normalized spacial score (nSPS) is 18.1. The Balaban J connectivity index is 1.59. The van der Waals surface area contributed by atoms with Crippen LogP contribution < -0.4 is 9.64 Å². The second-order valence-corrected chi connectivity index (χ2v) is 9.22. The molecule has 0 saturated carbocycles. The summed E-state index contributed by atoms with van der Waals surface area (Å²) in [6, 6.07) is 16.6. The van der Waals surface area contributed by atoms with E-state index in [0.29, 0.717) is 42.0 Å². The minimum atomic E-state index is -0.958. The molecule has 1 saturated heterocycles. The molecular weight excluding hydrogens is 486 g/mol. The number of Topliss-reactive ketones (excluding diaryl/α,β-unsaturated/α-hetero) is 1. The van der Waals surface area contributed by atoms with E-state index in [1.807, 2.05) is 6.92 Å². The standard InChI is InChI=1S/C30H27NO7/c1-2-15-38-30(36)19-5-10-22(11-6-19)31-26(18-7-12-23(32)13-8-18)25(28(34)29(31)35)27(33)21-9-14-24-20(17-21)4-3-16-37-24/h5-14,17,26,32-33H,2-4,15-16H2,1H3/b27-25-. The summed E-state index contributed by atoms with van der Waals surface area (Å²) in [4.78, 5) is 40.3. The van der Waals surface area contributed by atoms with Gasteiger partial charge in [-0.25, -0.2) is 4.79 Å². The molecule has 2 aliphatic rings. The zero-order chi connectivity index (χ0) is 26.8. The first-order valence-electron chi connectivity index (χ1n) is 12.5. The van der Waals surface area contributed by atoms with E-state index < -0.39 is 23.7 Å². The second-order valence-electron chi connectivity index (χ2n) is 9.22. The third-order valence-corrected chi connectivity index (χ3v) is 6.65. The molecule has 0 spiro atoms. The summed E-state index contributed by atoms with van der Waals surface area (Å²) in [7, 11) is 0. The molecule has 3 aromatic rings. The van der Waals surface area contributed by atoms with Crippen molar-refractivity contribution in [1.29, 1.82) is 0 Å². The largest absolute Gasteiger partial charge is 0.508 e. The quantitative estimate of drug-likeness (QED) is 0.208. The molecule has 5 rings (SSSR count). The zero-order valence-corrected chi connectivity index (χ0v) is 20.8. The van der Waals surface area contributed by atoms with Crippen LogP contribution >= 0.6 is 0 Å². The van der Waals surface area contributed by atoms with Crippen molar-refractivity contribution in [2.24, 2.45) is 0 Å². The number of aliphatic hydroxyl groups is 1. The van der Waals surface area contributed by atoms with Crippen molar-refractivity contribution in [3.05, 3.63) is 94.6 Å². The van der Waals surface area contributed by atoms with Crippen LogP contribution in [-0.2, 0) is 20.7 Å². The van der Waals surface area contributed by atoms with Crippen LogP contribution in [0.25, 0.3) is 5.76 Å². The Morgan fingerprint density at radius 2 is 1.74 bits per heavy atom. The van der Waals surface area contributed by atoms with Gasteiger partial charge in [-0.1, -0.05) is 19.1 Å². The summed E-state index contributed by atoms with van der Waals surface area (Å²) < 4.78 is 10.8. The molecule has 0 bridgehead atoms. The number of phenolic OH excluding ortho intramolecular Hbond substituents is 1. The topological polar surface area (TPSA) is 113 Å². The van der Waals surface area contributed by atoms with Crippen LogP contribution in [0.2, 0.25) is 0 Å². The molecule has 1 amide bonds. The molecule has 0 aliphatic carbocycles. The van der Waals surface area contributed by atoms with E-state index >= 15 is 0 Å². The molecule has 8 heteroatoms. The Morgan fingerprint density at radius 3 is 2.45 bits per heavy atom. The molecule has 8 nitrogen and oxygen atoms in total. The second kappa shape index (κ2) is 10.4. The number of aromatic hydroxyl groups is 1. The number of nitrogens with zero attached hydrogens (tertiary/aromatic N) is 1. The number of anilines is 1. The Kier molecular flexibility index (Phi) is 6.87. The van der Waals surface area contributed by atoms with E-state index in [2.05, 4.69) is 0 Å². The number of carbonyl (C=O) groups is 3. The molecule has 0 aromatic heterocycles. The monoisotopic (exact) mass is 513 g/mol. The van der Waals surface area contributed by atoms with Crippen LogP contribution in [0.1, 0.15) is 52.9 Å². The number of amides is 1. The molecule has 3 aromatic carbocycles. The fraction of sp³-hybridized carbons (Fsp3) is 0.233. The van der Waals surface area contributed by atoms with Gasteiger partial charge in [-0.3, -0.25) is 14.5 Å². The fourth-order valence-corrected chi connectivity index (χ4v) is 4.77. The van der Waals surface area contributed by atoms with Crippen LogP contribution in [0.5, 0.6) is 11.5 Å². The van der Waals surface area contributed by atoms with Crippen LogP contribution in [0, 0.1) is 0 Å². The molecule has 0 radical (unpaired) electrons. The van der Waals surface area contributed by atoms with E-state index in [1.165, 1.54) is 29.2 Å². The molecule has 194 valence electrons. The summed E-state index contributed by atoms with van der Waals surface area (Å²) in [6.07, 6.45) is 2.31. The highest BCUT2D eigenvalue weighted by atomic mass is 16.5. The SMILES string of the molecule is CCCOC(=O)c1ccc(N2C(=O)C(=O)/C(=C(\O)c3ccc4c(c3)CCCO4)C2c2ccc(O)cc2)cc1. The number of hydrogen-bond donors (Lipinski definition) is 2. The van der Waals surface area contributed by atoms with Crippen LogP contribution in [0.4, 0.5) is 5.69 Å². The third kappa shape index (κ3) is 4.61. The highest BCUT2D eigenvalue weighted by Crippen LogP contribution is 2.43. The molecule has 1 atom stereocenters. The van der Waals surface area contributed by atoms with Crippen molar-refractivity contribution < 1.29 is 34.1 Å². The molecular formula is C30H27NO7. The summed E-state index contributed by atoms with van der Waals surface area (Å²) in [6.45, 7) is 2.82. The number of ether oxygens (including phenoxy) is 2. The van der Waals surface area contributed by atoms with Crippen molar-refractivity contribution in [1.82, 2.24) is 0 Å². The van der Waals surface area contributed by atoms with Crippen molar-refractivity contribution >= 4 is 29.1 Å². The molecule has 1 fully saturated rings. The maximum atomic E-state index is 13.4. The lowest BCUT2D eigenvalue weighted by molar-refractivity contribution is -0.132. The van der Waals surface area contributed by atoms with Crippen molar-refractivity contribution in [2.45, 2.75) is 32.2 Å². The van der Waals surface area contributed by atoms with E-state index in [4.69, 9.17) is 9.47 Å². The molecule has 38 heavy (non-hydrogen) atoms. The lowest BCUT2D eigenvalue weighted by Crippen LogP contribution is -2.29. The number of carbonyl (C=O) groups excluding carboxylic acids is 3. The number of rotatable bonds is 6. The van der Waals surface area contributed by atoms with E-state index in [-0.39, 0.29) is 17.1 Å². The van der Waals surface area contributed by atoms with Gasteiger partial charge in [-0.15, -0.1) is 0 Å². The van der Waals surface area contributed by atoms with Gasteiger partial charge in [0, 0.05) is 11.3 Å². The number of esters is 1. The van der Waals surface area contributed by atoms with Gasteiger partial charge in [-0.2, -0.15) is 0 Å². The smallest absolute Gasteiger partial charge is 0.338 e. The highest BCUT2D eigenvalue weighted by molar-refractivity contribution is 6.51. The Labute approximate surface area is 219 Å². The maximum absolute atomic E-state index is 13.4. The van der Waals surface area contributed by atoms with Crippen molar-refractivity contribution in [3.8, 4) is 11.5 Å². The minimum Gasteiger partial charge on any atom is -0.508 e. The highest BCUT2D eigenvalue weighted by Gasteiger charge is 2.47. The number of phenols is 1. The van der Waals surface area contributed by atoms with E-state index in [0.717, 1.165) is 24.2 Å². The van der Waals surface area contributed by atoms with Crippen molar-refractivity contribution in [3.63, 3.8) is 0 Å². The maximum Gasteiger partial charge on any atom is 0.338 e. The summed E-state index contributed by atoms with van der Waals surface area (Å²) in [5, 5.41) is 21.2. The van der Waals surface area contributed by atoms with Crippen LogP contribution in [0.3, 0.4) is 0 Å². The number of aryl methyl sites for hydroxylation is 1. The number of benzene rings is 3. The van der Waals surface area contributed by atoms with Crippen molar-refractivity contribution in [2.75, 3.05) is 18.1 Å². The third-order valence-electron chi connectivity index (χ3n) is 6.65. The lowest BCUT2D eigenvalue weighted by Gasteiger charge is -2.26. The number of hydrogen-bond acceptors (Lipinski definition) is 7. The predicted octanol–water partition coefficient (Wildman–Crippen LogP) is 4.91. The van der Waals surface area contributed by atoms with Gasteiger partial charge in [0.05, 0.1) is 30.4 Å². The van der Waals surface area contributed by atoms with Gasteiger partial charge in [-0.05, 0) is 85.0 Å². The zero-order valence-electron chi connectivity index (χ0n) is 20.8. The van der Waals surface area contributed by atoms with E-state index in [1.54, 1.807) is 42.5 Å². The van der Waals surface area contributed by atoms with Gasteiger partial charge in [0.25, 0.3) is 11.7 Å². The Hall–Kier alpha value is -4.59. The summed E-state index contributed by atoms with van der Waals surface area (Å²) >= 11 is 0. The number of aliphatic hydroxyl groups excluding tert-OH is 1.